The van der Waals surface area contributed by atoms with Crippen LogP contribution < -0.4 is 16.8 Å². The molecule has 0 atom stereocenters. The Morgan fingerprint density at radius 2 is 1.58 bits per heavy atom. The number of anilines is 1. The van der Waals surface area contributed by atoms with Gasteiger partial charge in [-0.25, -0.2) is 9.67 Å². The molecular weight excluding hydrogens is 444 g/mol. The fourth-order valence-electron chi connectivity index (χ4n) is 3.13. The minimum Gasteiger partial charge on any atom is -0.364 e. The van der Waals surface area contributed by atoms with E-state index >= 15 is 0 Å². The molecule has 0 saturated carbocycles. The van der Waals surface area contributed by atoms with Crippen LogP contribution in [0.2, 0.25) is 5.02 Å². The fraction of sp³-hybridized carbons (Fsp3) is 0. The van der Waals surface area contributed by atoms with Crippen molar-refractivity contribution in [3.8, 4) is 16.9 Å². The molecule has 0 unspecified atom stereocenters. The zero-order valence-corrected chi connectivity index (χ0v) is 17.8. The van der Waals surface area contributed by atoms with Crippen LogP contribution in [0.5, 0.6) is 0 Å². The number of para-hydroxylation sites is 1. The summed E-state index contributed by atoms with van der Waals surface area (Å²) in [6.07, 6.45) is 0. The molecule has 0 aliphatic carbocycles. The molecule has 0 spiro atoms. The lowest BCUT2D eigenvalue weighted by molar-refractivity contribution is 0.0987. The molecule has 0 aliphatic rings. The minimum atomic E-state index is -0.736. The summed E-state index contributed by atoms with van der Waals surface area (Å²) in [5.74, 6) is -1.71. The monoisotopic (exact) mass is 460 g/mol. The second kappa shape index (κ2) is 8.93. The number of pyridine rings is 1. The SMILES string of the molecule is NC(=O)c1cccc(-c2ccc(Cl)c(C(=O)Nc3cc(C(N)=O)nn3-c3ccccc3)c2)n1. The molecule has 2 aromatic heterocycles. The van der Waals surface area contributed by atoms with Gasteiger partial charge in [0.15, 0.2) is 5.69 Å². The molecule has 0 radical (unpaired) electrons. The number of hydrogen-bond donors (Lipinski definition) is 3. The molecule has 0 aliphatic heterocycles. The number of benzene rings is 2. The Balaban J connectivity index is 1.70. The summed E-state index contributed by atoms with van der Waals surface area (Å²) in [7, 11) is 0. The van der Waals surface area contributed by atoms with Gasteiger partial charge in [0.25, 0.3) is 17.7 Å². The first-order valence-corrected chi connectivity index (χ1v) is 10.0. The molecule has 4 rings (SSSR count). The maximum Gasteiger partial charge on any atom is 0.269 e. The maximum absolute atomic E-state index is 13.1. The number of aromatic nitrogens is 3. The van der Waals surface area contributed by atoms with E-state index in [2.05, 4.69) is 15.4 Å². The number of halogens is 1. The van der Waals surface area contributed by atoms with Crippen LogP contribution in [0, 0.1) is 0 Å². The lowest BCUT2D eigenvalue weighted by Crippen LogP contribution is -2.16. The first kappa shape index (κ1) is 21.7. The van der Waals surface area contributed by atoms with E-state index in [0.29, 0.717) is 16.9 Å². The Kier molecular flexibility index (Phi) is 5.88. The van der Waals surface area contributed by atoms with Crippen molar-refractivity contribution in [3.63, 3.8) is 0 Å². The third kappa shape index (κ3) is 4.58. The first-order valence-electron chi connectivity index (χ1n) is 9.67. The average molecular weight is 461 g/mol. The highest BCUT2D eigenvalue weighted by Crippen LogP contribution is 2.26. The van der Waals surface area contributed by atoms with Crippen molar-refractivity contribution in [1.29, 1.82) is 0 Å². The first-order chi connectivity index (χ1) is 15.8. The highest BCUT2D eigenvalue weighted by Gasteiger charge is 2.18. The zero-order chi connectivity index (χ0) is 23.5. The molecule has 10 heteroatoms. The normalized spacial score (nSPS) is 10.6. The lowest BCUT2D eigenvalue weighted by atomic mass is 10.1. The minimum absolute atomic E-state index is 0.0125. The standard InChI is InChI=1S/C23H17ClN6O3/c24-16-10-9-13(17-7-4-8-18(27-17)21(25)31)11-15(16)23(33)28-20-12-19(22(26)32)29-30(20)14-5-2-1-3-6-14/h1-12H,(H2,25,31)(H2,26,32)(H,28,33). The third-order valence-corrected chi connectivity index (χ3v) is 5.04. The summed E-state index contributed by atoms with van der Waals surface area (Å²) >= 11 is 6.29. The number of carbonyl (C=O) groups is 3. The second-order valence-corrected chi connectivity index (χ2v) is 7.35. The number of amides is 3. The van der Waals surface area contributed by atoms with Crippen LogP contribution >= 0.6 is 11.6 Å². The number of hydrogen-bond acceptors (Lipinski definition) is 5. The Hall–Kier alpha value is -4.50. The summed E-state index contributed by atoms with van der Waals surface area (Å²) in [6.45, 7) is 0. The molecule has 4 aromatic rings. The van der Waals surface area contributed by atoms with Crippen molar-refractivity contribution in [3.05, 3.63) is 94.8 Å². The van der Waals surface area contributed by atoms with E-state index in [9.17, 15) is 14.4 Å². The Morgan fingerprint density at radius 3 is 2.27 bits per heavy atom. The number of nitrogens with zero attached hydrogens (tertiary/aromatic N) is 3. The summed E-state index contributed by atoms with van der Waals surface area (Å²) in [5.41, 5.74) is 12.5. The van der Waals surface area contributed by atoms with Crippen LogP contribution in [0.3, 0.4) is 0 Å². The number of rotatable bonds is 6. The van der Waals surface area contributed by atoms with Crippen molar-refractivity contribution in [2.24, 2.45) is 11.5 Å². The van der Waals surface area contributed by atoms with Gasteiger partial charge in [0, 0.05) is 11.6 Å². The van der Waals surface area contributed by atoms with E-state index in [4.69, 9.17) is 23.1 Å². The van der Waals surface area contributed by atoms with Crippen LogP contribution in [0.25, 0.3) is 16.9 Å². The predicted molar refractivity (Wildman–Crippen MR) is 123 cm³/mol. The van der Waals surface area contributed by atoms with Crippen LogP contribution in [-0.4, -0.2) is 32.5 Å². The molecule has 33 heavy (non-hydrogen) atoms. The van der Waals surface area contributed by atoms with E-state index in [1.807, 2.05) is 6.07 Å². The van der Waals surface area contributed by atoms with Crippen molar-refractivity contribution in [2.45, 2.75) is 0 Å². The number of nitrogens with two attached hydrogens (primary N) is 2. The van der Waals surface area contributed by atoms with E-state index in [1.54, 1.807) is 54.6 Å². The topological polar surface area (TPSA) is 146 Å². The molecule has 3 amide bonds. The van der Waals surface area contributed by atoms with Crippen molar-refractivity contribution in [2.75, 3.05) is 5.32 Å². The molecular formula is C23H17ClN6O3. The largest absolute Gasteiger partial charge is 0.364 e. The summed E-state index contributed by atoms with van der Waals surface area (Å²) in [6, 6.07) is 19.9. The Bertz CT molecular complexity index is 1380. The maximum atomic E-state index is 13.1. The van der Waals surface area contributed by atoms with Crippen LogP contribution in [0.1, 0.15) is 31.3 Å². The van der Waals surface area contributed by atoms with Gasteiger partial charge in [-0.1, -0.05) is 41.9 Å². The van der Waals surface area contributed by atoms with E-state index in [1.165, 1.54) is 16.8 Å². The van der Waals surface area contributed by atoms with Crippen molar-refractivity contribution in [1.82, 2.24) is 14.8 Å². The number of carbonyl (C=O) groups excluding carboxylic acids is 3. The number of primary amides is 2. The van der Waals surface area contributed by atoms with Gasteiger partial charge in [0.1, 0.15) is 11.5 Å². The van der Waals surface area contributed by atoms with Crippen molar-refractivity contribution < 1.29 is 14.4 Å². The number of nitrogens with one attached hydrogen (secondary N) is 1. The van der Waals surface area contributed by atoms with Crippen LogP contribution in [-0.2, 0) is 0 Å². The van der Waals surface area contributed by atoms with Gasteiger partial charge < -0.3 is 16.8 Å². The Morgan fingerprint density at radius 1 is 0.848 bits per heavy atom. The van der Waals surface area contributed by atoms with E-state index in [-0.39, 0.29) is 27.8 Å². The quantitative estimate of drug-likeness (QED) is 0.404. The van der Waals surface area contributed by atoms with E-state index in [0.717, 1.165) is 0 Å². The van der Waals surface area contributed by atoms with Gasteiger partial charge in [-0.15, -0.1) is 0 Å². The summed E-state index contributed by atoms with van der Waals surface area (Å²) in [5, 5.41) is 7.10. The highest BCUT2D eigenvalue weighted by atomic mass is 35.5. The van der Waals surface area contributed by atoms with Crippen molar-refractivity contribution >= 4 is 35.1 Å². The molecule has 2 heterocycles. The smallest absolute Gasteiger partial charge is 0.269 e. The van der Waals surface area contributed by atoms with Gasteiger partial charge in [-0.3, -0.25) is 14.4 Å². The fourth-order valence-corrected chi connectivity index (χ4v) is 3.33. The predicted octanol–water partition coefficient (Wildman–Crippen LogP) is 3.04. The van der Waals surface area contributed by atoms with Crippen LogP contribution in [0.15, 0.2) is 72.8 Å². The molecule has 5 N–H and O–H groups in total. The van der Waals surface area contributed by atoms with Gasteiger partial charge in [0.2, 0.25) is 0 Å². The zero-order valence-electron chi connectivity index (χ0n) is 17.0. The molecule has 164 valence electrons. The Labute approximate surface area is 193 Å². The molecule has 2 aromatic carbocycles. The highest BCUT2D eigenvalue weighted by molar-refractivity contribution is 6.34. The molecule has 0 fully saturated rings. The summed E-state index contributed by atoms with van der Waals surface area (Å²) in [4.78, 5) is 40.4. The molecule has 0 bridgehead atoms. The van der Waals surface area contributed by atoms with Gasteiger partial charge in [0.05, 0.1) is 22.0 Å². The molecule has 9 nitrogen and oxygen atoms in total. The van der Waals surface area contributed by atoms with Gasteiger partial charge in [-0.05, 0) is 36.4 Å². The van der Waals surface area contributed by atoms with Gasteiger partial charge >= 0.3 is 0 Å². The average Bonchev–Trinajstić information content (AvgIpc) is 3.24. The molecule has 0 saturated heterocycles. The third-order valence-electron chi connectivity index (χ3n) is 4.71. The van der Waals surface area contributed by atoms with Crippen LogP contribution in [0.4, 0.5) is 5.82 Å². The summed E-state index contributed by atoms with van der Waals surface area (Å²) < 4.78 is 1.40. The van der Waals surface area contributed by atoms with Gasteiger partial charge in [-0.2, -0.15) is 5.10 Å². The lowest BCUT2D eigenvalue weighted by Gasteiger charge is -2.11. The second-order valence-electron chi connectivity index (χ2n) is 6.95. The van der Waals surface area contributed by atoms with E-state index < -0.39 is 17.7 Å².